The minimum Gasteiger partial charge on any atom is -0.302 e. The van der Waals surface area contributed by atoms with Gasteiger partial charge in [-0.25, -0.2) is 13.8 Å². The maximum atomic E-state index is 13.1. The highest BCUT2D eigenvalue weighted by molar-refractivity contribution is 7.07. The highest BCUT2D eigenvalue weighted by Crippen LogP contribution is 2.20. The molecule has 0 aliphatic rings. The molecule has 2 atom stereocenters. The lowest BCUT2D eigenvalue weighted by Gasteiger charge is -2.19. The molecule has 0 amide bonds. The van der Waals surface area contributed by atoms with Crippen LogP contribution >= 0.6 is 11.3 Å². The number of aromatic nitrogens is 1. The minimum absolute atomic E-state index is 0.0689. The van der Waals surface area contributed by atoms with Crippen molar-refractivity contribution < 1.29 is 8.78 Å². The summed E-state index contributed by atoms with van der Waals surface area (Å²) >= 11 is 1.53. The number of halogens is 2. The van der Waals surface area contributed by atoms with E-state index in [-0.39, 0.29) is 12.1 Å². The standard InChI is InChI=1S/C13H14F2N2S/c1-8(10-3-4-11(14)12(15)5-10)17-9(2)13-6-18-7-16-13/h3-9,17H,1-2H3. The third-order valence-electron chi connectivity index (χ3n) is 2.84. The summed E-state index contributed by atoms with van der Waals surface area (Å²) in [6.07, 6.45) is 0. The molecule has 2 unspecified atom stereocenters. The van der Waals surface area contributed by atoms with E-state index in [1.807, 2.05) is 19.2 Å². The lowest BCUT2D eigenvalue weighted by Crippen LogP contribution is -2.22. The van der Waals surface area contributed by atoms with Gasteiger partial charge in [0, 0.05) is 17.5 Å². The van der Waals surface area contributed by atoms with Crippen LogP contribution in [0.2, 0.25) is 0 Å². The average Bonchev–Trinajstić information content (AvgIpc) is 2.86. The SMILES string of the molecule is CC(NC(C)c1cscn1)c1ccc(F)c(F)c1. The molecule has 0 spiro atoms. The van der Waals surface area contributed by atoms with Crippen molar-refractivity contribution in [2.45, 2.75) is 25.9 Å². The molecule has 1 aromatic carbocycles. The molecular weight excluding hydrogens is 254 g/mol. The highest BCUT2D eigenvalue weighted by Gasteiger charge is 2.14. The van der Waals surface area contributed by atoms with Crippen molar-refractivity contribution in [3.63, 3.8) is 0 Å². The Balaban J connectivity index is 2.07. The molecule has 1 heterocycles. The Kier molecular flexibility index (Phi) is 4.04. The Labute approximate surface area is 109 Å². The van der Waals surface area contributed by atoms with Gasteiger partial charge in [-0.3, -0.25) is 0 Å². The molecule has 2 rings (SSSR count). The number of nitrogens with zero attached hydrogens (tertiary/aromatic N) is 1. The van der Waals surface area contributed by atoms with Crippen LogP contribution in [0.4, 0.5) is 8.78 Å². The van der Waals surface area contributed by atoms with Crippen LogP contribution in [-0.4, -0.2) is 4.98 Å². The molecule has 5 heteroatoms. The van der Waals surface area contributed by atoms with Gasteiger partial charge in [0.15, 0.2) is 11.6 Å². The molecule has 0 radical (unpaired) electrons. The number of rotatable bonds is 4. The average molecular weight is 268 g/mol. The summed E-state index contributed by atoms with van der Waals surface area (Å²) in [4.78, 5) is 4.22. The molecule has 0 bridgehead atoms. The van der Waals surface area contributed by atoms with Crippen LogP contribution in [0, 0.1) is 11.6 Å². The van der Waals surface area contributed by atoms with Crippen LogP contribution < -0.4 is 5.32 Å². The van der Waals surface area contributed by atoms with Gasteiger partial charge in [0.2, 0.25) is 0 Å². The molecule has 0 aliphatic heterocycles. The van der Waals surface area contributed by atoms with E-state index in [0.29, 0.717) is 0 Å². The van der Waals surface area contributed by atoms with E-state index >= 15 is 0 Å². The number of hydrogen-bond donors (Lipinski definition) is 1. The molecule has 2 nitrogen and oxygen atoms in total. The van der Waals surface area contributed by atoms with Gasteiger partial charge in [0.25, 0.3) is 0 Å². The number of benzene rings is 1. The first-order chi connectivity index (χ1) is 8.58. The number of hydrogen-bond acceptors (Lipinski definition) is 3. The van der Waals surface area contributed by atoms with Crippen LogP contribution in [0.25, 0.3) is 0 Å². The van der Waals surface area contributed by atoms with Crippen molar-refractivity contribution in [1.82, 2.24) is 10.3 Å². The molecular formula is C13H14F2N2S. The second-order valence-electron chi connectivity index (χ2n) is 4.20. The Morgan fingerprint density at radius 2 is 1.94 bits per heavy atom. The van der Waals surface area contributed by atoms with Gasteiger partial charge < -0.3 is 5.32 Å². The van der Waals surface area contributed by atoms with E-state index < -0.39 is 11.6 Å². The van der Waals surface area contributed by atoms with Gasteiger partial charge >= 0.3 is 0 Å². The van der Waals surface area contributed by atoms with Gasteiger partial charge in [0.05, 0.1) is 11.2 Å². The van der Waals surface area contributed by atoms with Gasteiger partial charge in [-0.1, -0.05) is 6.07 Å². The van der Waals surface area contributed by atoms with Crippen LogP contribution in [0.15, 0.2) is 29.1 Å². The fraction of sp³-hybridized carbons (Fsp3) is 0.308. The summed E-state index contributed by atoms with van der Waals surface area (Å²) in [6.45, 7) is 3.90. The first-order valence-corrected chi connectivity index (χ1v) is 6.61. The summed E-state index contributed by atoms with van der Waals surface area (Å²) in [5.74, 6) is -1.64. The molecule has 1 N–H and O–H groups in total. The van der Waals surface area contributed by atoms with Gasteiger partial charge in [0.1, 0.15) is 0 Å². The first kappa shape index (κ1) is 13.1. The zero-order valence-electron chi connectivity index (χ0n) is 10.2. The summed E-state index contributed by atoms with van der Waals surface area (Å²) in [6, 6.07) is 3.96. The summed E-state index contributed by atoms with van der Waals surface area (Å²) < 4.78 is 26.0. The van der Waals surface area contributed by atoms with Crippen molar-refractivity contribution in [1.29, 1.82) is 0 Å². The summed E-state index contributed by atoms with van der Waals surface area (Å²) in [5, 5.41) is 5.27. The molecule has 2 aromatic rings. The maximum absolute atomic E-state index is 13.1. The topological polar surface area (TPSA) is 24.9 Å². The van der Waals surface area contributed by atoms with E-state index in [0.717, 1.165) is 17.3 Å². The van der Waals surface area contributed by atoms with E-state index in [9.17, 15) is 8.78 Å². The third-order valence-corrected chi connectivity index (χ3v) is 3.44. The maximum Gasteiger partial charge on any atom is 0.159 e. The number of nitrogens with one attached hydrogen (secondary N) is 1. The number of thiazole rings is 1. The molecule has 0 saturated carbocycles. The van der Waals surface area contributed by atoms with Crippen molar-refractivity contribution in [3.8, 4) is 0 Å². The normalized spacial score (nSPS) is 14.4. The van der Waals surface area contributed by atoms with Crippen LogP contribution in [0.1, 0.15) is 37.2 Å². The Hall–Kier alpha value is -1.33. The zero-order valence-corrected chi connectivity index (χ0v) is 11.0. The smallest absolute Gasteiger partial charge is 0.159 e. The van der Waals surface area contributed by atoms with Crippen LogP contribution in [0.3, 0.4) is 0 Å². The zero-order chi connectivity index (χ0) is 13.1. The molecule has 1 aromatic heterocycles. The summed E-state index contributed by atoms with van der Waals surface area (Å²) in [5.41, 5.74) is 3.45. The van der Waals surface area contributed by atoms with Crippen LogP contribution in [0.5, 0.6) is 0 Å². The fourth-order valence-corrected chi connectivity index (χ4v) is 2.42. The monoisotopic (exact) mass is 268 g/mol. The van der Waals surface area contributed by atoms with E-state index in [2.05, 4.69) is 10.3 Å². The van der Waals surface area contributed by atoms with Gasteiger partial charge in [-0.2, -0.15) is 0 Å². The third kappa shape index (κ3) is 2.91. The molecule has 0 fully saturated rings. The van der Waals surface area contributed by atoms with Crippen molar-refractivity contribution >= 4 is 11.3 Å². The Morgan fingerprint density at radius 3 is 2.56 bits per heavy atom. The fourth-order valence-electron chi connectivity index (χ4n) is 1.77. The van der Waals surface area contributed by atoms with E-state index in [1.54, 1.807) is 11.6 Å². The molecule has 0 aliphatic carbocycles. The largest absolute Gasteiger partial charge is 0.302 e. The van der Waals surface area contributed by atoms with Crippen molar-refractivity contribution in [2.24, 2.45) is 0 Å². The van der Waals surface area contributed by atoms with E-state index in [1.165, 1.54) is 17.4 Å². The molecule has 0 saturated heterocycles. The van der Waals surface area contributed by atoms with Crippen molar-refractivity contribution in [2.75, 3.05) is 0 Å². The summed E-state index contributed by atoms with van der Waals surface area (Å²) in [7, 11) is 0. The first-order valence-electron chi connectivity index (χ1n) is 5.67. The lowest BCUT2D eigenvalue weighted by molar-refractivity contribution is 0.476. The predicted octanol–water partition coefficient (Wildman–Crippen LogP) is 3.83. The van der Waals surface area contributed by atoms with Crippen LogP contribution in [-0.2, 0) is 0 Å². The lowest BCUT2D eigenvalue weighted by atomic mass is 10.1. The Bertz CT molecular complexity index is 514. The van der Waals surface area contributed by atoms with Gasteiger partial charge in [-0.05, 0) is 31.5 Å². The highest BCUT2D eigenvalue weighted by atomic mass is 32.1. The minimum atomic E-state index is -0.821. The quantitative estimate of drug-likeness (QED) is 0.911. The predicted molar refractivity (Wildman–Crippen MR) is 68.4 cm³/mol. The second-order valence-corrected chi connectivity index (χ2v) is 4.92. The Morgan fingerprint density at radius 1 is 1.17 bits per heavy atom. The molecule has 96 valence electrons. The second kappa shape index (κ2) is 5.54. The van der Waals surface area contributed by atoms with E-state index in [4.69, 9.17) is 0 Å². The molecule has 18 heavy (non-hydrogen) atoms. The van der Waals surface area contributed by atoms with Gasteiger partial charge in [-0.15, -0.1) is 11.3 Å². The van der Waals surface area contributed by atoms with Crippen molar-refractivity contribution in [3.05, 3.63) is 52.0 Å².